The fraction of sp³-hybridized carbons (Fsp3) is 0.417. The number of benzene rings is 1. The number of nitrogens with zero attached hydrogens (tertiary/aromatic N) is 3. The van der Waals surface area contributed by atoms with Gasteiger partial charge in [0.1, 0.15) is 0 Å². The zero-order valence-corrected chi connectivity index (χ0v) is 9.88. The molecule has 1 N–H and O–H groups in total. The fourth-order valence-corrected chi connectivity index (χ4v) is 1.93. The van der Waals surface area contributed by atoms with Gasteiger partial charge in [0.05, 0.1) is 30.0 Å². The van der Waals surface area contributed by atoms with Crippen LogP contribution in [0.15, 0.2) is 24.5 Å². The fourth-order valence-electron chi connectivity index (χ4n) is 1.93. The SMILES string of the molecule is CN(C)C(CO)c1ccc2c(c1)ncn2C. The molecular weight excluding hydrogens is 202 g/mol. The van der Waals surface area contributed by atoms with Crippen LogP contribution in [0.2, 0.25) is 0 Å². The predicted molar refractivity (Wildman–Crippen MR) is 64.2 cm³/mol. The molecule has 1 atom stereocenters. The van der Waals surface area contributed by atoms with Crippen molar-refractivity contribution in [3.63, 3.8) is 0 Å². The molecule has 0 aliphatic carbocycles. The summed E-state index contributed by atoms with van der Waals surface area (Å²) in [5.74, 6) is 0. The van der Waals surface area contributed by atoms with Crippen LogP contribution in [0, 0.1) is 0 Å². The van der Waals surface area contributed by atoms with Crippen molar-refractivity contribution >= 4 is 11.0 Å². The molecule has 0 aliphatic heterocycles. The van der Waals surface area contributed by atoms with Crippen molar-refractivity contribution in [1.82, 2.24) is 14.5 Å². The normalized spacial score (nSPS) is 13.6. The van der Waals surface area contributed by atoms with E-state index in [-0.39, 0.29) is 12.6 Å². The average molecular weight is 219 g/mol. The summed E-state index contributed by atoms with van der Waals surface area (Å²) in [6.45, 7) is 0.116. The number of hydrogen-bond donors (Lipinski definition) is 1. The summed E-state index contributed by atoms with van der Waals surface area (Å²) >= 11 is 0. The Morgan fingerprint density at radius 2 is 2.19 bits per heavy atom. The van der Waals surface area contributed by atoms with Gasteiger partial charge in [-0.25, -0.2) is 4.98 Å². The van der Waals surface area contributed by atoms with Gasteiger partial charge in [-0.1, -0.05) is 6.07 Å². The Labute approximate surface area is 95.1 Å². The maximum atomic E-state index is 9.36. The molecule has 4 nitrogen and oxygen atoms in total. The van der Waals surface area contributed by atoms with E-state index in [9.17, 15) is 5.11 Å². The molecule has 0 amide bonds. The van der Waals surface area contributed by atoms with Crippen LogP contribution < -0.4 is 0 Å². The van der Waals surface area contributed by atoms with E-state index in [1.54, 1.807) is 6.33 Å². The Morgan fingerprint density at radius 1 is 1.44 bits per heavy atom. The molecule has 1 heterocycles. The minimum atomic E-state index is 0.0337. The quantitative estimate of drug-likeness (QED) is 0.842. The predicted octanol–water partition coefficient (Wildman–Crippen LogP) is 1.17. The van der Waals surface area contributed by atoms with Gasteiger partial charge < -0.3 is 14.6 Å². The van der Waals surface area contributed by atoms with E-state index in [0.29, 0.717) is 0 Å². The maximum Gasteiger partial charge on any atom is 0.0955 e. The summed E-state index contributed by atoms with van der Waals surface area (Å²) in [5.41, 5.74) is 3.18. The molecule has 0 aliphatic rings. The van der Waals surface area contributed by atoms with Gasteiger partial charge >= 0.3 is 0 Å². The molecule has 0 saturated heterocycles. The first kappa shape index (κ1) is 11.1. The first-order chi connectivity index (χ1) is 7.63. The zero-order valence-electron chi connectivity index (χ0n) is 9.88. The van der Waals surface area contributed by atoms with Crippen molar-refractivity contribution in [2.45, 2.75) is 6.04 Å². The minimum absolute atomic E-state index is 0.0337. The van der Waals surface area contributed by atoms with Crippen molar-refractivity contribution in [2.24, 2.45) is 7.05 Å². The summed E-state index contributed by atoms with van der Waals surface area (Å²) < 4.78 is 1.99. The number of aliphatic hydroxyl groups is 1. The topological polar surface area (TPSA) is 41.3 Å². The van der Waals surface area contributed by atoms with Crippen LogP contribution in [0.1, 0.15) is 11.6 Å². The third-order valence-electron chi connectivity index (χ3n) is 2.93. The van der Waals surface area contributed by atoms with E-state index >= 15 is 0 Å². The molecule has 0 spiro atoms. The van der Waals surface area contributed by atoms with Gasteiger partial charge in [-0.15, -0.1) is 0 Å². The van der Waals surface area contributed by atoms with Gasteiger partial charge in [-0.2, -0.15) is 0 Å². The monoisotopic (exact) mass is 219 g/mol. The van der Waals surface area contributed by atoms with Crippen molar-refractivity contribution in [3.05, 3.63) is 30.1 Å². The molecule has 4 heteroatoms. The number of aliphatic hydroxyl groups excluding tert-OH is 1. The van der Waals surface area contributed by atoms with E-state index in [4.69, 9.17) is 0 Å². The Balaban J connectivity index is 2.46. The van der Waals surface area contributed by atoms with Crippen molar-refractivity contribution in [2.75, 3.05) is 20.7 Å². The highest BCUT2D eigenvalue weighted by Crippen LogP contribution is 2.21. The minimum Gasteiger partial charge on any atom is -0.394 e. The highest BCUT2D eigenvalue weighted by atomic mass is 16.3. The second-order valence-corrected chi connectivity index (χ2v) is 4.27. The lowest BCUT2D eigenvalue weighted by Gasteiger charge is -2.22. The Bertz CT molecular complexity index is 490. The molecule has 2 aromatic rings. The summed E-state index contributed by atoms with van der Waals surface area (Å²) in [7, 11) is 5.90. The largest absolute Gasteiger partial charge is 0.394 e. The van der Waals surface area contributed by atoms with Crippen molar-refractivity contribution in [1.29, 1.82) is 0 Å². The van der Waals surface area contributed by atoms with E-state index in [0.717, 1.165) is 16.6 Å². The lowest BCUT2D eigenvalue weighted by atomic mass is 10.1. The molecule has 0 radical (unpaired) electrons. The molecule has 1 aromatic heterocycles. The zero-order chi connectivity index (χ0) is 11.7. The van der Waals surface area contributed by atoms with Crippen LogP contribution in [0.5, 0.6) is 0 Å². The second-order valence-electron chi connectivity index (χ2n) is 4.27. The second kappa shape index (κ2) is 4.23. The molecule has 0 fully saturated rings. The average Bonchev–Trinajstić information content (AvgIpc) is 2.61. The Morgan fingerprint density at radius 3 is 2.81 bits per heavy atom. The highest BCUT2D eigenvalue weighted by Gasteiger charge is 2.13. The number of likely N-dealkylation sites (N-methyl/N-ethyl adjacent to an activating group) is 1. The van der Waals surface area contributed by atoms with Crippen LogP contribution in [0.4, 0.5) is 0 Å². The lowest BCUT2D eigenvalue weighted by Crippen LogP contribution is -2.22. The lowest BCUT2D eigenvalue weighted by molar-refractivity contribution is 0.171. The van der Waals surface area contributed by atoms with Crippen LogP contribution in [0.3, 0.4) is 0 Å². The number of aryl methyl sites for hydroxylation is 1. The first-order valence-corrected chi connectivity index (χ1v) is 5.31. The van der Waals surface area contributed by atoms with E-state index in [2.05, 4.69) is 4.98 Å². The van der Waals surface area contributed by atoms with Gasteiger partial charge in [-0.05, 0) is 31.8 Å². The van der Waals surface area contributed by atoms with Gasteiger partial charge in [0.15, 0.2) is 0 Å². The Hall–Kier alpha value is -1.39. The van der Waals surface area contributed by atoms with Gasteiger partial charge in [-0.3, -0.25) is 0 Å². The van der Waals surface area contributed by atoms with Crippen molar-refractivity contribution < 1.29 is 5.11 Å². The van der Waals surface area contributed by atoms with Crippen LogP contribution in [0.25, 0.3) is 11.0 Å². The van der Waals surface area contributed by atoms with Gasteiger partial charge in [0.2, 0.25) is 0 Å². The number of fused-ring (bicyclic) bond motifs is 1. The molecular formula is C12H17N3O. The molecule has 1 aromatic carbocycles. The third kappa shape index (κ3) is 1.81. The highest BCUT2D eigenvalue weighted by molar-refractivity contribution is 5.76. The van der Waals surface area contributed by atoms with Gasteiger partial charge in [0, 0.05) is 7.05 Å². The van der Waals surface area contributed by atoms with Crippen molar-refractivity contribution in [3.8, 4) is 0 Å². The van der Waals surface area contributed by atoms with E-state index in [1.165, 1.54) is 0 Å². The summed E-state index contributed by atoms with van der Waals surface area (Å²) in [6.07, 6.45) is 1.80. The van der Waals surface area contributed by atoms with Crippen LogP contribution >= 0.6 is 0 Å². The number of aromatic nitrogens is 2. The number of imidazole rings is 1. The summed E-state index contributed by atoms with van der Waals surface area (Å²) in [6, 6.07) is 6.16. The van der Waals surface area contributed by atoms with E-state index < -0.39 is 0 Å². The third-order valence-corrected chi connectivity index (χ3v) is 2.93. The van der Waals surface area contributed by atoms with E-state index in [1.807, 2.05) is 48.8 Å². The summed E-state index contributed by atoms with van der Waals surface area (Å²) in [5, 5.41) is 9.36. The molecule has 16 heavy (non-hydrogen) atoms. The first-order valence-electron chi connectivity index (χ1n) is 5.31. The Kier molecular flexibility index (Phi) is 2.94. The summed E-state index contributed by atoms with van der Waals surface area (Å²) in [4.78, 5) is 6.32. The molecule has 1 unspecified atom stereocenters. The number of hydrogen-bond acceptors (Lipinski definition) is 3. The molecule has 2 rings (SSSR count). The molecule has 86 valence electrons. The number of rotatable bonds is 3. The van der Waals surface area contributed by atoms with Gasteiger partial charge in [0.25, 0.3) is 0 Å². The maximum absolute atomic E-state index is 9.36. The molecule has 0 bridgehead atoms. The standard InChI is InChI=1S/C12H17N3O/c1-14(2)12(7-16)9-4-5-11-10(6-9)13-8-15(11)3/h4-6,8,12,16H,7H2,1-3H3. The molecule has 0 saturated carbocycles. The smallest absolute Gasteiger partial charge is 0.0955 e. The van der Waals surface area contributed by atoms with Crippen LogP contribution in [-0.4, -0.2) is 40.3 Å². The van der Waals surface area contributed by atoms with Crippen LogP contribution in [-0.2, 0) is 7.05 Å².